The molecule has 1 fully saturated rings. The molecule has 0 unspecified atom stereocenters. The van der Waals surface area contributed by atoms with Crippen LogP contribution in [0.25, 0.3) is 21.8 Å². The predicted octanol–water partition coefficient (Wildman–Crippen LogP) is 4.67. The Kier molecular flexibility index (Phi) is 5.48. The minimum atomic E-state index is -0.183. The van der Waals surface area contributed by atoms with Gasteiger partial charge in [-0.2, -0.15) is 0 Å². The van der Waals surface area contributed by atoms with Gasteiger partial charge in [-0.1, -0.05) is 18.2 Å². The highest BCUT2D eigenvalue weighted by Crippen LogP contribution is 2.34. The van der Waals surface area contributed by atoms with E-state index in [1.54, 1.807) is 18.4 Å². The number of hydrogen-bond acceptors (Lipinski definition) is 6. The maximum atomic E-state index is 14.0. The van der Waals surface area contributed by atoms with E-state index >= 15 is 0 Å². The molecule has 1 amide bonds. The molecule has 1 aliphatic heterocycles. The third-order valence-electron chi connectivity index (χ3n) is 5.92. The van der Waals surface area contributed by atoms with Gasteiger partial charge in [-0.3, -0.25) is 9.69 Å². The summed E-state index contributed by atoms with van der Waals surface area (Å²) in [4.78, 5) is 28.1. The monoisotopic (exact) mass is 450 g/mol. The van der Waals surface area contributed by atoms with Gasteiger partial charge in [0.25, 0.3) is 5.91 Å². The zero-order valence-electron chi connectivity index (χ0n) is 18.0. The number of fused-ring (bicyclic) bond motifs is 1. The Morgan fingerprint density at radius 2 is 1.88 bits per heavy atom. The molecule has 4 heterocycles. The molecule has 3 aromatic heterocycles. The lowest BCUT2D eigenvalue weighted by Crippen LogP contribution is -2.48. The summed E-state index contributed by atoms with van der Waals surface area (Å²) in [6.45, 7) is 7.11. The lowest BCUT2D eigenvalue weighted by atomic mass is 10.1. The summed E-state index contributed by atoms with van der Waals surface area (Å²) in [5, 5.41) is 0.937. The Morgan fingerprint density at radius 3 is 2.59 bits per heavy atom. The number of aromatic nitrogens is 2. The molecule has 0 N–H and O–H groups in total. The Hall–Kier alpha value is -3.10. The summed E-state index contributed by atoms with van der Waals surface area (Å²) in [5.74, 6) is 0.981. The van der Waals surface area contributed by atoms with Gasteiger partial charge in [-0.05, 0) is 37.6 Å². The quantitative estimate of drug-likeness (QED) is 0.452. The van der Waals surface area contributed by atoms with Gasteiger partial charge in [0.1, 0.15) is 10.6 Å². The first kappa shape index (κ1) is 20.8. The van der Waals surface area contributed by atoms with Crippen molar-refractivity contribution < 1.29 is 13.6 Å². The second-order valence-corrected chi connectivity index (χ2v) is 9.01. The van der Waals surface area contributed by atoms with Crippen molar-refractivity contribution in [3.05, 3.63) is 70.2 Å². The van der Waals surface area contributed by atoms with Crippen molar-refractivity contribution >= 4 is 27.5 Å². The SMILES string of the molecule is Cc1nc(-c2ccco2)nc2sc(C(=O)N3CCN(Cc4ccccc4F)CC3)c(C)c12. The number of amides is 1. The topological polar surface area (TPSA) is 62.5 Å². The number of hydrogen-bond donors (Lipinski definition) is 0. The molecule has 32 heavy (non-hydrogen) atoms. The standard InChI is InChI=1S/C24H23FN4O2S/c1-15-20-16(2)26-22(19-8-5-13-31-19)27-23(20)32-21(15)24(30)29-11-9-28(10-12-29)14-17-6-3-4-7-18(17)25/h3-8,13H,9-12,14H2,1-2H3. The number of benzene rings is 1. The van der Waals surface area contributed by atoms with Crippen molar-refractivity contribution in [2.45, 2.75) is 20.4 Å². The Labute approximate surface area is 189 Å². The van der Waals surface area contributed by atoms with E-state index < -0.39 is 0 Å². The molecular weight excluding hydrogens is 427 g/mol. The third-order valence-corrected chi connectivity index (χ3v) is 7.09. The van der Waals surface area contributed by atoms with E-state index in [1.807, 2.05) is 36.9 Å². The number of thiophene rings is 1. The van der Waals surface area contributed by atoms with Gasteiger partial charge in [0.05, 0.1) is 16.8 Å². The average Bonchev–Trinajstić information content (AvgIpc) is 3.44. The first-order valence-electron chi connectivity index (χ1n) is 10.6. The molecule has 1 saturated heterocycles. The van der Waals surface area contributed by atoms with E-state index in [9.17, 15) is 9.18 Å². The molecule has 0 spiro atoms. The van der Waals surface area contributed by atoms with Crippen LogP contribution in [-0.4, -0.2) is 51.9 Å². The van der Waals surface area contributed by atoms with Crippen LogP contribution in [-0.2, 0) is 6.54 Å². The maximum absolute atomic E-state index is 14.0. The summed E-state index contributed by atoms with van der Waals surface area (Å²) in [7, 11) is 0. The maximum Gasteiger partial charge on any atom is 0.264 e. The third kappa shape index (κ3) is 3.80. The summed E-state index contributed by atoms with van der Waals surface area (Å²) in [6.07, 6.45) is 1.60. The highest BCUT2D eigenvalue weighted by molar-refractivity contribution is 7.20. The molecule has 164 valence electrons. The summed E-state index contributed by atoms with van der Waals surface area (Å²) in [5.41, 5.74) is 2.45. The molecule has 1 aromatic carbocycles. The summed E-state index contributed by atoms with van der Waals surface area (Å²) >= 11 is 1.41. The van der Waals surface area contributed by atoms with E-state index in [4.69, 9.17) is 4.42 Å². The van der Waals surface area contributed by atoms with E-state index in [2.05, 4.69) is 14.9 Å². The van der Waals surface area contributed by atoms with Crippen LogP contribution in [0, 0.1) is 19.7 Å². The first-order chi connectivity index (χ1) is 15.5. The molecule has 8 heteroatoms. The highest BCUT2D eigenvalue weighted by Gasteiger charge is 2.27. The van der Waals surface area contributed by atoms with Crippen molar-refractivity contribution in [3.63, 3.8) is 0 Å². The van der Waals surface area contributed by atoms with Crippen molar-refractivity contribution in [1.29, 1.82) is 0 Å². The van der Waals surface area contributed by atoms with E-state index in [0.29, 0.717) is 54.7 Å². The molecule has 0 saturated carbocycles. The van der Waals surface area contributed by atoms with Gasteiger partial charge in [0.15, 0.2) is 11.6 Å². The van der Waals surface area contributed by atoms with Crippen molar-refractivity contribution in [3.8, 4) is 11.6 Å². The number of carbonyl (C=O) groups excluding carboxylic acids is 1. The lowest BCUT2D eigenvalue weighted by molar-refractivity contribution is 0.0631. The van der Waals surface area contributed by atoms with Crippen molar-refractivity contribution in [2.75, 3.05) is 26.2 Å². The summed E-state index contributed by atoms with van der Waals surface area (Å²) in [6, 6.07) is 10.5. The Morgan fingerprint density at radius 1 is 1.09 bits per heavy atom. The number of nitrogens with zero attached hydrogens (tertiary/aromatic N) is 4. The zero-order valence-corrected chi connectivity index (χ0v) is 18.8. The molecule has 1 aliphatic rings. The van der Waals surface area contributed by atoms with E-state index in [0.717, 1.165) is 21.5 Å². The number of furan rings is 1. The molecule has 0 aliphatic carbocycles. The van der Waals surface area contributed by atoms with Crippen LogP contribution in [0.4, 0.5) is 4.39 Å². The minimum absolute atomic E-state index is 0.0231. The van der Waals surface area contributed by atoms with Gasteiger partial charge in [0, 0.05) is 43.7 Å². The van der Waals surface area contributed by atoms with Crippen LogP contribution in [0.2, 0.25) is 0 Å². The van der Waals surface area contributed by atoms with E-state index in [1.165, 1.54) is 17.4 Å². The van der Waals surface area contributed by atoms with Crippen molar-refractivity contribution in [2.24, 2.45) is 0 Å². The van der Waals surface area contributed by atoms with Gasteiger partial charge in [-0.25, -0.2) is 14.4 Å². The molecule has 0 radical (unpaired) electrons. The zero-order chi connectivity index (χ0) is 22.2. The second-order valence-electron chi connectivity index (χ2n) is 8.01. The molecule has 0 atom stereocenters. The van der Waals surface area contributed by atoms with Crippen LogP contribution in [0.3, 0.4) is 0 Å². The Bertz CT molecular complexity index is 1280. The number of carbonyl (C=O) groups is 1. The fraction of sp³-hybridized carbons (Fsp3) is 0.292. The van der Waals surface area contributed by atoms with Crippen LogP contribution >= 0.6 is 11.3 Å². The summed E-state index contributed by atoms with van der Waals surface area (Å²) < 4.78 is 19.4. The number of halogens is 1. The fourth-order valence-corrected chi connectivity index (χ4v) is 5.38. The van der Waals surface area contributed by atoms with Crippen LogP contribution < -0.4 is 0 Å². The second kappa shape index (κ2) is 8.44. The smallest absolute Gasteiger partial charge is 0.264 e. The number of piperazine rings is 1. The molecule has 5 rings (SSSR count). The molecule has 4 aromatic rings. The molecule has 6 nitrogen and oxygen atoms in total. The minimum Gasteiger partial charge on any atom is -0.461 e. The number of rotatable bonds is 4. The lowest BCUT2D eigenvalue weighted by Gasteiger charge is -2.34. The fourth-order valence-electron chi connectivity index (χ4n) is 4.18. The van der Waals surface area contributed by atoms with Gasteiger partial charge in [0.2, 0.25) is 0 Å². The largest absolute Gasteiger partial charge is 0.461 e. The van der Waals surface area contributed by atoms with Crippen LogP contribution in [0.5, 0.6) is 0 Å². The molecule has 0 bridgehead atoms. The number of aryl methyl sites for hydroxylation is 2. The normalized spacial score (nSPS) is 14.9. The Balaban J connectivity index is 1.33. The average molecular weight is 451 g/mol. The van der Waals surface area contributed by atoms with Gasteiger partial charge < -0.3 is 9.32 Å². The van der Waals surface area contributed by atoms with Gasteiger partial charge >= 0.3 is 0 Å². The van der Waals surface area contributed by atoms with E-state index in [-0.39, 0.29) is 11.7 Å². The van der Waals surface area contributed by atoms with Crippen LogP contribution in [0.1, 0.15) is 26.5 Å². The van der Waals surface area contributed by atoms with Crippen molar-refractivity contribution in [1.82, 2.24) is 19.8 Å². The predicted molar refractivity (Wildman–Crippen MR) is 122 cm³/mol. The molecular formula is C24H23FN4O2S. The first-order valence-corrected chi connectivity index (χ1v) is 11.4. The highest BCUT2D eigenvalue weighted by atomic mass is 32.1. The van der Waals surface area contributed by atoms with Gasteiger partial charge in [-0.15, -0.1) is 11.3 Å². The van der Waals surface area contributed by atoms with Crippen LogP contribution in [0.15, 0.2) is 47.1 Å².